The van der Waals surface area contributed by atoms with Crippen molar-refractivity contribution in [3.8, 4) is 0 Å². The van der Waals surface area contributed by atoms with Gasteiger partial charge in [0.2, 0.25) is 0 Å². The van der Waals surface area contributed by atoms with Crippen LogP contribution < -0.4 is 0 Å². The lowest BCUT2D eigenvalue weighted by molar-refractivity contribution is 0.103. The van der Waals surface area contributed by atoms with Crippen molar-refractivity contribution >= 4 is 11.5 Å². The molecule has 0 N–H and O–H groups in total. The monoisotopic (exact) mass is 207 g/mol. The van der Waals surface area contributed by atoms with E-state index in [0.29, 0.717) is 16.8 Å². The quantitative estimate of drug-likeness (QED) is 0.545. The van der Waals surface area contributed by atoms with Crippen LogP contribution in [0.3, 0.4) is 0 Å². The van der Waals surface area contributed by atoms with E-state index in [0.717, 1.165) is 0 Å². The SMILES string of the molecule is [C-]#[N+]c1cccc(C(=O)c2ccccc2)c1. The first-order valence-corrected chi connectivity index (χ1v) is 4.88. The molecule has 0 fully saturated rings. The summed E-state index contributed by atoms with van der Waals surface area (Å²) in [5, 5.41) is 0. The lowest BCUT2D eigenvalue weighted by Gasteiger charge is -2.00. The highest BCUT2D eigenvalue weighted by Gasteiger charge is 2.08. The van der Waals surface area contributed by atoms with Crippen LogP contribution in [0.25, 0.3) is 4.85 Å². The fraction of sp³-hybridized carbons (Fsp3) is 0. The molecule has 0 radical (unpaired) electrons. The average molecular weight is 207 g/mol. The molecule has 16 heavy (non-hydrogen) atoms. The van der Waals surface area contributed by atoms with Crippen LogP contribution in [-0.4, -0.2) is 5.78 Å². The molecule has 2 nitrogen and oxygen atoms in total. The Hall–Kier alpha value is -2.40. The van der Waals surface area contributed by atoms with Crippen LogP contribution in [-0.2, 0) is 0 Å². The van der Waals surface area contributed by atoms with Gasteiger partial charge in [-0.2, -0.15) is 0 Å². The highest BCUT2D eigenvalue weighted by Crippen LogP contribution is 2.16. The Morgan fingerprint density at radius 3 is 2.31 bits per heavy atom. The van der Waals surface area contributed by atoms with Gasteiger partial charge in [0.05, 0.1) is 6.57 Å². The summed E-state index contributed by atoms with van der Waals surface area (Å²) in [4.78, 5) is 15.3. The summed E-state index contributed by atoms with van der Waals surface area (Å²) in [7, 11) is 0. The highest BCUT2D eigenvalue weighted by molar-refractivity contribution is 6.09. The van der Waals surface area contributed by atoms with Gasteiger partial charge in [-0.15, -0.1) is 0 Å². The van der Waals surface area contributed by atoms with E-state index in [2.05, 4.69) is 4.85 Å². The summed E-state index contributed by atoms with van der Waals surface area (Å²) < 4.78 is 0. The molecule has 0 aliphatic rings. The Morgan fingerprint density at radius 2 is 1.62 bits per heavy atom. The van der Waals surface area contributed by atoms with Crippen LogP contribution in [0, 0.1) is 6.57 Å². The van der Waals surface area contributed by atoms with Gasteiger partial charge in [-0.1, -0.05) is 48.5 Å². The number of benzene rings is 2. The largest absolute Gasteiger partial charge is 0.289 e. The standard InChI is InChI=1S/C14H9NO/c1-15-13-9-5-8-12(10-13)14(16)11-6-3-2-4-7-11/h2-10H. The third-order valence-corrected chi connectivity index (χ3v) is 2.27. The average Bonchev–Trinajstić information content (AvgIpc) is 2.39. The third kappa shape index (κ3) is 1.99. The lowest BCUT2D eigenvalue weighted by Crippen LogP contribution is -1.99. The predicted molar refractivity (Wildman–Crippen MR) is 62.6 cm³/mol. The molecule has 0 aliphatic heterocycles. The molecule has 76 valence electrons. The van der Waals surface area contributed by atoms with Crippen LogP contribution in [0.4, 0.5) is 5.69 Å². The van der Waals surface area contributed by atoms with Crippen molar-refractivity contribution in [2.45, 2.75) is 0 Å². The fourth-order valence-electron chi connectivity index (χ4n) is 1.47. The number of ketones is 1. The predicted octanol–water partition coefficient (Wildman–Crippen LogP) is 3.47. The highest BCUT2D eigenvalue weighted by atomic mass is 16.1. The van der Waals surface area contributed by atoms with Gasteiger partial charge in [0.25, 0.3) is 0 Å². The van der Waals surface area contributed by atoms with Gasteiger partial charge in [-0.05, 0) is 6.07 Å². The van der Waals surface area contributed by atoms with Crippen molar-refractivity contribution in [3.05, 3.63) is 77.1 Å². The summed E-state index contributed by atoms with van der Waals surface area (Å²) in [6.07, 6.45) is 0. The van der Waals surface area contributed by atoms with Crippen LogP contribution in [0.15, 0.2) is 54.6 Å². The van der Waals surface area contributed by atoms with E-state index < -0.39 is 0 Å². The van der Waals surface area contributed by atoms with E-state index in [-0.39, 0.29) is 5.78 Å². The Morgan fingerprint density at radius 1 is 0.938 bits per heavy atom. The molecule has 0 aromatic heterocycles. The number of hydrogen-bond donors (Lipinski definition) is 0. The zero-order chi connectivity index (χ0) is 11.4. The molecule has 2 rings (SSSR count). The minimum absolute atomic E-state index is 0.0499. The second kappa shape index (κ2) is 4.41. The minimum atomic E-state index is -0.0499. The maximum atomic E-state index is 12.0. The number of carbonyl (C=O) groups excluding carboxylic acids is 1. The molecule has 0 unspecified atom stereocenters. The zero-order valence-electron chi connectivity index (χ0n) is 8.55. The minimum Gasteiger partial charge on any atom is -0.289 e. The molecule has 2 heteroatoms. The first kappa shape index (κ1) is 10.1. The normalized spacial score (nSPS) is 9.44. The molecule has 2 aromatic carbocycles. The number of nitrogens with zero attached hydrogens (tertiary/aromatic N) is 1. The maximum Gasteiger partial charge on any atom is 0.191 e. The molecular weight excluding hydrogens is 198 g/mol. The Balaban J connectivity index is 2.39. The van der Waals surface area contributed by atoms with Crippen molar-refractivity contribution < 1.29 is 4.79 Å². The van der Waals surface area contributed by atoms with Crippen molar-refractivity contribution in [3.63, 3.8) is 0 Å². The molecule has 0 saturated carbocycles. The van der Waals surface area contributed by atoms with Gasteiger partial charge in [0.1, 0.15) is 0 Å². The van der Waals surface area contributed by atoms with E-state index in [1.807, 2.05) is 18.2 Å². The fourth-order valence-corrected chi connectivity index (χ4v) is 1.47. The Bertz CT molecular complexity index is 552. The molecule has 0 saturated heterocycles. The van der Waals surface area contributed by atoms with Crippen LogP contribution in [0.5, 0.6) is 0 Å². The smallest absolute Gasteiger partial charge is 0.191 e. The van der Waals surface area contributed by atoms with Gasteiger partial charge in [-0.3, -0.25) is 4.79 Å². The van der Waals surface area contributed by atoms with Gasteiger partial charge in [0, 0.05) is 11.1 Å². The number of hydrogen-bond acceptors (Lipinski definition) is 1. The van der Waals surface area contributed by atoms with E-state index in [1.165, 1.54) is 0 Å². The van der Waals surface area contributed by atoms with Crippen molar-refractivity contribution in [1.82, 2.24) is 0 Å². The molecule has 0 amide bonds. The van der Waals surface area contributed by atoms with E-state index in [4.69, 9.17) is 6.57 Å². The molecule has 0 spiro atoms. The van der Waals surface area contributed by atoms with Crippen LogP contribution in [0.1, 0.15) is 15.9 Å². The summed E-state index contributed by atoms with van der Waals surface area (Å²) in [6, 6.07) is 15.8. The Kier molecular flexibility index (Phi) is 2.79. The lowest BCUT2D eigenvalue weighted by atomic mass is 10.0. The van der Waals surface area contributed by atoms with E-state index in [9.17, 15) is 4.79 Å². The van der Waals surface area contributed by atoms with Gasteiger partial charge in [-0.25, -0.2) is 4.85 Å². The molecular formula is C14H9NO. The first-order chi connectivity index (χ1) is 7.81. The van der Waals surface area contributed by atoms with E-state index >= 15 is 0 Å². The third-order valence-electron chi connectivity index (χ3n) is 2.27. The van der Waals surface area contributed by atoms with Crippen molar-refractivity contribution in [1.29, 1.82) is 0 Å². The summed E-state index contributed by atoms with van der Waals surface area (Å²) in [5.74, 6) is -0.0499. The molecule has 0 aliphatic carbocycles. The zero-order valence-corrected chi connectivity index (χ0v) is 8.55. The summed E-state index contributed by atoms with van der Waals surface area (Å²) in [6.45, 7) is 6.90. The first-order valence-electron chi connectivity index (χ1n) is 4.88. The van der Waals surface area contributed by atoms with Crippen LogP contribution >= 0.6 is 0 Å². The summed E-state index contributed by atoms with van der Waals surface area (Å²) in [5.41, 5.74) is 1.69. The van der Waals surface area contributed by atoms with Crippen molar-refractivity contribution in [2.75, 3.05) is 0 Å². The van der Waals surface area contributed by atoms with E-state index in [1.54, 1.807) is 36.4 Å². The summed E-state index contributed by atoms with van der Waals surface area (Å²) >= 11 is 0. The van der Waals surface area contributed by atoms with Gasteiger partial charge >= 0.3 is 0 Å². The second-order valence-electron chi connectivity index (χ2n) is 3.36. The maximum absolute atomic E-state index is 12.0. The Labute approximate surface area is 94.0 Å². The molecule has 0 atom stereocenters. The van der Waals surface area contributed by atoms with Gasteiger partial charge in [0.15, 0.2) is 11.5 Å². The van der Waals surface area contributed by atoms with Gasteiger partial charge < -0.3 is 0 Å². The number of carbonyl (C=O) groups is 1. The van der Waals surface area contributed by atoms with Crippen molar-refractivity contribution in [2.24, 2.45) is 0 Å². The molecule has 2 aromatic rings. The molecule has 0 heterocycles. The second-order valence-corrected chi connectivity index (χ2v) is 3.36. The van der Waals surface area contributed by atoms with Crippen LogP contribution in [0.2, 0.25) is 0 Å². The molecule has 0 bridgehead atoms. The number of rotatable bonds is 2. The topological polar surface area (TPSA) is 21.4 Å².